The number of halogens is 1. The number of carbonyl (C=O) groups excluding carboxylic acids is 2. The molecule has 6 nitrogen and oxygen atoms in total. The van der Waals surface area contributed by atoms with Crippen LogP contribution >= 0.6 is 0 Å². The number of piperidine rings is 1. The number of hydrogen-bond acceptors (Lipinski definition) is 4. The van der Waals surface area contributed by atoms with Crippen LogP contribution in [0.5, 0.6) is 0 Å². The lowest BCUT2D eigenvalue weighted by atomic mass is 9.98. The van der Waals surface area contributed by atoms with Gasteiger partial charge in [-0.25, -0.2) is 9.37 Å². The third-order valence-electron chi connectivity index (χ3n) is 4.19. The predicted octanol–water partition coefficient (Wildman–Crippen LogP) is 1.82. The summed E-state index contributed by atoms with van der Waals surface area (Å²) in [5.74, 6) is -0.921. The zero-order chi connectivity index (χ0) is 17.1. The number of aromatic nitrogens is 2. The van der Waals surface area contributed by atoms with Gasteiger partial charge in [-0.05, 0) is 31.9 Å². The first-order valence-electron chi connectivity index (χ1n) is 8.14. The lowest BCUT2D eigenvalue weighted by molar-refractivity contribution is -0.151. The van der Waals surface area contributed by atoms with E-state index < -0.39 is 0 Å². The first-order chi connectivity index (χ1) is 11.6. The second-order valence-electron chi connectivity index (χ2n) is 5.95. The highest BCUT2D eigenvalue weighted by Gasteiger charge is 2.29. The van der Waals surface area contributed by atoms with Crippen molar-refractivity contribution in [2.75, 3.05) is 19.7 Å². The minimum atomic E-state index is -0.355. The summed E-state index contributed by atoms with van der Waals surface area (Å²) in [4.78, 5) is 30.4. The molecule has 0 aromatic carbocycles. The first-order valence-corrected chi connectivity index (χ1v) is 8.14. The van der Waals surface area contributed by atoms with E-state index in [9.17, 15) is 14.0 Å². The van der Waals surface area contributed by atoms with Gasteiger partial charge in [0, 0.05) is 25.5 Å². The molecule has 1 amide bonds. The minimum absolute atomic E-state index is 0.0760. The van der Waals surface area contributed by atoms with Gasteiger partial charge in [-0.1, -0.05) is 0 Å². The number of ether oxygens (including phenoxy) is 1. The number of nitrogens with zero attached hydrogens (tertiary/aromatic N) is 3. The Morgan fingerprint density at radius 3 is 3.00 bits per heavy atom. The van der Waals surface area contributed by atoms with Gasteiger partial charge in [0.2, 0.25) is 5.91 Å². The summed E-state index contributed by atoms with van der Waals surface area (Å²) >= 11 is 0. The number of carbonyl (C=O) groups is 2. The fraction of sp³-hybridized carbons (Fsp3) is 0.471. The van der Waals surface area contributed by atoms with E-state index >= 15 is 0 Å². The van der Waals surface area contributed by atoms with Crippen LogP contribution in [0.4, 0.5) is 4.39 Å². The highest BCUT2D eigenvalue weighted by molar-refractivity contribution is 5.80. The second-order valence-corrected chi connectivity index (χ2v) is 5.95. The van der Waals surface area contributed by atoms with Gasteiger partial charge in [-0.15, -0.1) is 0 Å². The first kappa shape index (κ1) is 16.4. The van der Waals surface area contributed by atoms with Gasteiger partial charge in [0.15, 0.2) is 0 Å². The number of esters is 1. The molecule has 1 fully saturated rings. The second kappa shape index (κ2) is 6.98. The average Bonchev–Trinajstić information content (AvgIpc) is 2.96. The molecule has 24 heavy (non-hydrogen) atoms. The molecule has 0 spiro atoms. The minimum Gasteiger partial charge on any atom is -0.466 e. The van der Waals surface area contributed by atoms with Crippen molar-refractivity contribution in [1.29, 1.82) is 0 Å². The lowest BCUT2D eigenvalue weighted by Gasteiger charge is -2.31. The number of likely N-dealkylation sites (tertiary alicyclic amines) is 1. The van der Waals surface area contributed by atoms with Crippen LogP contribution in [0.1, 0.15) is 25.5 Å². The van der Waals surface area contributed by atoms with Crippen LogP contribution in [0.2, 0.25) is 0 Å². The molecule has 1 saturated heterocycles. The number of imidazole rings is 1. The van der Waals surface area contributed by atoms with E-state index in [2.05, 4.69) is 4.98 Å². The molecular weight excluding hydrogens is 313 g/mol. The molecule has 1 unspecified atom stereocenters. The van der Waals surface area contributed by atoms with E-state index in [0.717, 1.165) is 12.8 Å². The van der Waals surface area contributed by atoms with Crippen molar-refractivity contribution in [3.8, 4) is 0 Å². The van der Waals surface area contributed by atoms with Crippen molar-refractivity contribution in [2.45, 2.75) is 26.2 Å². The fourth-order valence-electron chi connectivity index (χ4n) is 3.03. The normalized spacial score (nSPS) is 17.9. The molecule has 0 bridgehead atoms. The molecule has 2 aromatic heterocycles. The summed E-state index contributed by atoms with van der Waals surface area (Å²) in [7, 11) is 0. The van der Waals surface area contributed by atoms with Crippen molar-refractivity contribution >= 4 is 17.5 Å². The van der Waals surface area contributed by atoms with Gasteiger partial charge in [0.25, 0.3) is 0 Å². The van der Waals surface area contributed by atoms with Crippen LogP contribution in [0, 0.1) is 11.7 Å². The molecular formula is C17H20FN3O3. The molecule has 0 aliphatic carbocycles. The summed E-state index contributed by atoms with van der Waals surface area (Å²) in [6, 6.07) is 2.91. The van der Waals surface area contributed by atoms with Gasteiger partial charge >= 0.3 is 5.97 Å². The lowest BCUT2D eigenvalue weighted by Crippen LogP contribution is -2.43. The molecule has 1 aliphatic rings. The van der Waals surface area contributed by atoms with Crippen LogP contribution in [-0.2, 0) is 20.7 Å². The Bertz CT molecular complexity index is 759. The van der Waals surface area contributed by atoms with Crippen LogP contribution in [0.25, 0.3) is 5.65 Å². The largest absolute Gasteiger partial charge is 0.466 e. The highest BCUT2D eigenvalue weighted by atomic mass is 19.1. The molecule has 2 aromatic rings. The zero-order valence-corrected chi connectivity index (χ0v) is 13.6. The third-order valence-corrected chi connectivity index (χ3v) is 4.19. The Balaban J connectivity index is 1.65. The van der Waals surface area contributed by atoms with E-state index in [0.29, 0.717) is 31.0 Å². The molecule has 3 heterocycles. The molecule has 0 N–H and O–H groups in total. The van der Waals surface area contributed by atoms with Crippen molar-refractivity contribution < 1.29 is 18.7 Å². The topological polar surface area (TPSA) is 63.9 Å². The van der Waals surface area contributed by atoms with Gasteiger partial charge in [-0.2, -0.15) is 0 Å². The summed E-state index contributed by atoms with van der Waals surface area (Å²) in [5.41, 5.74) is 1.19. The highest BCUT2D eigenvalue weighted by Crippen LogP contribution is 2.19. The molecule has 1 aliphatic heterocycles. The summed E-state index contributed by atoms with van der Waals surface area (Å²) in [6.07, 6.45) is 4.65. The van der Waals surface area contributed by atoms with Crippen molar-refractivity contribution in [3.63, 3.8) is 0 Å². The maximum Gasteiger partial charge on any atom is 0.310 e. The summed E-state index contributed by atoms with van der Waals surface area (Å²) < 4.78 is 19.8. The van der Waals surface area contributed by atoms with Crippen molar-refractivity contribution in [3.05, 3.63) is 36.0 Å². The van der Waals surface area contributed by atoms with Crippen LogP contribution in [0.15, 0.2) is 24.5 Å². The quantitative estimate of drug-likeness (QED) is 0.801. The Hall–Kier alpha value is -2.44. The van der Waals surface area contributed by atoms with Crippen molar-refractivity contribution in [1.82, 2.24) is 14.3 Å². The monoisotopic (exact) mass is 333 g/mol. The van der Waals surface area contributed by atoms with Gasteiger partial charge in [0.05, 0.1) is 24.6 Å². The Morgan fingerprint density at radius 1 is 1.38 bits per heavy atom. The van der Waals surface area contributed by atoms with E-state index in [-0.39, 0.29) is 30.0 Å². The smallest absolute Gasteiger partial charge is 0.310 e. The maximum atomic E-state index is 13.2. The van der Waals surface area contributed by atoms with Crippen LogP contribution in [-0.4, -0.2) is 45.9 Å². The third kappa shape index (κ3) is 3.55. The molecule has 7 heteroatoms. The van der Waals surface area contributed by atoms with E-state index in [1.54, 1.807) is 28.5 Å². The van der Waals surface area contributed by atoms with Crippen molar-refractivity contribution in [2.24, 2.45) is 5.92 Å². The Kier molecular flexibility index (Phi) is 4.78. The molecule has 128 valence electrons. The van der Waals surface area contributed by atoms with Gasteiger partial charge in [-0.3, -0.25) is 9.59 Å². The summed E-state index contributed by atoms with van der Waals surface area (Å²) in [6.45, 7) is 3.15. The van der Waals surface area contributed by atoms with Crippen LogP contribution in [0.3, 0.4) is 0 Å². The Labute approximate surface area is 139 Å². The van der Waals surface area contributed by atoms with Crippen LogP contribution < -0.4 is 0 Å². The zero-order valence-electron chi connectivity index (χ0n) is 13.6. The predicted molar refractivity (Wildman–Crippen MR) is 84.8 cm³/mol. The van der Waals surface area contributed by atoms with E-state index in [1.807, 2.05) is 0 Å². The maximum absolute atomic E-state index is 13.2. The number of hydrogen-bond donors (Lipinski definition) is 0. The average molecular weight is 333 g/mol. The number of amides is 1. The number of rotatable bonds is 4. The van der Waals surface area contributed by atoms with Gasteiger partial charge in [0.1, 0.15) is 11.5 Å². The fourth-order valence-corrected chi connectivity index (χ4v) is 3.03. The Morgan fingerprint density at radius 2 is 2.21 bits per heavy atom. The number of fused-ring (bicyclic) bond motifs is 1. The molecule has 1 atom stereocenters. The molecule has 0 radical (unpaired) electrons. The molecule has 0 saturated carbocycles. The van der Waals surface area contributed by atoms with E-state index in [1.165, 1.54) is 12.3 Å². The SMILES string of the molecule is CCOC(=O)C1CCCN(C(=O)Cc2cn3cc(F)ccc3n2)C1. The molecule has 3 rings (SSSR count). The summed E-state index contributed by atoms with van der Waals surface area (Å²) in [5, 5.41) is 0. The van der Waals surface area contributed by atoms with Gasteiger partial charge < -0.3 is 14.0 Å². The van der Waals surface area contributed by atoms with E-state index in [4.69, 9.17) is 4.74 Å². The number of pyridine rings is 1. The standard InChI is InChI=1S/C17H20FN3O3/c1-2-24-17(23)12-4-3-7-20(9-12)16(22)8-14-11-21-10-13(18)5-6-15(21)19-14/h5-6,10-12H,2-4,7-9H2,1H3.